The van der Waals surface area contributed by atoms with Crippen molar-refractivity contribution in [1.29, 1.82) is 0 Å². The fraction of sp³-hybridized carbons (Fsp3) is 1.00. The van der Waals surface area contributed by atoms with Crippen LogP contribution in [0.2, 0.25) is 0 Å². The van der Waals surface area contributed by atoms with Gasteiger partial charge in [-0.25, -0.2) is 0 Å². The molecule has 0 aliphatic carbocycles. The van der Waals surface area contributed by atoms with Gasteiger partial charge in [-0.1, -0.05) is 41.5 Å². The summed E-state index contributed by atoms with van der Waals surface area (Å²) >= 11 is 0. The minimum atomic E-state index is 0.0125. The van der Waals surface area contributed by atoms with E-state index in [0.29, 0.717) is 66.1 Å². The molecule has 156 valence electrons. The lowest BCUT2D eigenvalue weighted by Crippen LogP contribution is -2.36. The smallest absolute Gasteiger partial charge is 0.0857 e. The Balaban J connectivity index is 2.48. The van der Waals surface area contributed by atoms with Crippen LogP contribution in [0, 0.1) is 10.8 Å². The largest absolute Gasteiger partial charge is 0.377 e. The third kappa shape index (κ3) is 10.8. The van der Waals surface area contributed by atoms with Crippen LogP contribution < -0.4 is 0 Å². The Morgan fingerprint density at radius 1 is 0.462 bits per heavy atom. The zero-order chi connectivity index (χ0) is 19.5. The fourth-order valence-electron chi connectivity index (χ4n) is 2.42. The monoisotopic (exact) mass is 376 g/mol. The summed E-state index contributed by atoms with van der Waals surface area (Å²) in [5, 5.41) is 0. The summed E-state index contributed by atoms with van der Waals surface area (Å²) in [5.74, 6) is 0. The Hall–Kier alpha value is -0.240. The van der Waals surface area contributed by atoms with Crippen molar-refractivity contribution in [3.8, 4) is 0 Å². The van der Waals surface area contributed by atoms with Crippen molar-refractivity contribution in [1.82, 2.24) is 0 Å². The second-order valence-electron chi connectivity index (χ2n) is 8.83. The molecule has 0 bridgehead atoms. The van der Waals surface area contributed by atoms with Crippen molar-refractivity contribution in [2.45, 2.75) is 53.8 Å². The van der Waals surface area contributed by atoms with Crippen LogP contribution in [0.4, 0.5) is 0 Å². The van der Waals surface area contributed by atoms with Crippen molar-refractivity contribution in [2.75, 3.05) is 66.1 Å². The van der Waals surface area contributed by atoms with E-state index in [-0.39, 0.29) is 23.0 Å². The number of hydrogen-bond acceptors (Lipinski definition) is 6. The summed E-state index contributed by atoms with van der Waals surface area (Å²) in [5.41, 5.74) is 0.0249. The van der Waals surface area contributed by atoms with E-state index in [1.165, 1.54) is 0 Å². The molecule has 0 unspecified atom stereocenters. The molecule has 0 aromatic rings. The summed E-state index contributed by atoms with van der Waals surface area (Å²) in [4.78, 5) is 0. The van der Waals surface area contributed by atoms with Crippen LogP contribution in [0.25, 0.3) is 0 Å². The van der Waals surface area contributed by atoms with Gasteiger partial charge in [0.2, 0.25) is 0 Å². The molecule has 0 radical (unpaired) electrons. The minimum Gasteiger partial charge on any atom is -0.377 e. The van der Waals surface area contributed by atoms with Gasteiger partial charge in [-0.05, 0) is 10.8 Å². The molecular weight excluding hydrogens is 336 g/mol. The highest BCUT2D eigenvalue weighted by Gasteiger charge is 2.26. The maximum atomic E-state index is 5.98. The van der Waals surface area contributed by atoms with Gasteiger partial charge in [-0.3, -0.25) is 0 Å². The molecule has 1 saturated heterocycles. The Bertz CT molecular complexity index is 315. The highest BCUT2D eigenvalue weighted by molar-refractivity contribution is 4.75. The van der Waals surface area contributed by atoms with E-state index in [4.69, 9.17) is 28.4 Å². The van der Waals surface area contributed by atoms with Crippen molar-refractivity contribution in [3.05, 3.63) is 0 Å². The van der Waals surface area contributed by atoms with Crippen LogP contribution in [-0.4, -0.2) is 78.3 Å². The predicted octanol–water partition coefficient (Wildman–Crippen LogP) is 2.93. The summed E-state index contributed by atoms with van der Waals surface area (Å²) in [7, 11) is 0. The second-order valence-corrected chi connectivity index (χ2v) is 8.83. The van der Waals surface area contributed by atoms with Crippen molar-refractivity contribution in [3.63, 3.8) is 0 Å². The summed E-state index contributed by atoms with van der Waals surface area (Å²) in [6.07, 6.45) is 0.0460. The molecule has 26 heavy (non-hydrogen) atoms. The molecule has 6 nitrogen and oxygen atoms in total. The zero-order valence-electron chi connectivity index (χ0n) is 17.7. The maximum absolute atomic E-state index is 5.98. The lowest BCUT2D eigenvalue weighted by Gasteiger charge is -2.31. The van der Waals surface area contributed by atoms with Crippen molar-refractivity contribution >= 4 is 0 Å². The van der Waals surface area contributed by atoms with Gasteiger partial charge in [0, 0.05) is 0 Å². The lowest BCUT2D eigenvalue weighted by molar-refractivity contribution is -0.109. The molecule has 0 N–H and O–H groups in total. The van der Waals surface area contributed by atoms with Gasteiger partial charge in [0.05, 0.1) is 78.3 Å². The first-order valence-electron chi connectivity index (χ1n) is 9.75. The highest BCUT2D eigenvalue weighted by Crippen LogP contribution is 2.23. The first-order chi connectivity index (χ1) is 12.2. The quantitative estimate of drug-likeness (QED) is 0.648. The normalized spacial score (nSPS) is 27.5. The molecule has 1 fully saturated rings. The van der Waals surface area contributed by atoms with E-state index in [9.17, 15) is 0 Å². The topological polar surface area (TPSA) is 55.4 Å². The SMILES string of the molecule is CC(C)(C)[C@@H]1COCCOCCOC[C@@H](C(C)(C)C)OCCOCCO1. The van der Waals surface area contributed by atoms with Crippen LogP contribution in [0.5, 0.6) is 0 Å². The average Bonchev–Trinajstić information content (AvgIpc) is 2.52. The number of hydrogen-bond donors (Lipinski definition) is 0. The molecule has 0 amide bonds. The Kier molecular flexibility index (Phi) is 11.2. The summed E-state index contributed by atoms with van der Waals surface area (Å²) in [6.45, 7) is 18.5. The average molecular weight is 377 g/mol. The van der Waals surface area contributed by atoms with Gasteiger partial charge < -0.3 is 28.4 Å². The van der Waals surface area contributed by atoms with Gasteiger partial charge in [0.25, 0.3) is 0 Å². The predicted molar refractivity (Wildman–Crippen MR) is 102 cm³/mol. The van der Waals surface area contributed by atoms with E-state index in [0.717, 1.165) is 0 Å². The van der Waals surface area contributed by atoms with Crippen LogP contribution in [0.1, 0.15) is 41.5 Å². The van der Waals surface area contributed by atoms with Gasteiger partial charge in [-0.2, -0.15) is 0 Å². The van der Waals surface area contributed by atoms with Crippen molar-refractivity contribution < 1.29 is 28.4 Å². The van der Waals surface area contributed by atoms with E-state index in [2.05, 4.69) is 41.5 Å². The highest BCUT2D eigenvalue weighted by atomic mass is 16.6. The van der Waals surface area contributed by atoms with Crippen molar-refractivity contribution in [2.24, 2.45) is 10.8 Å². The molecule has 0 aromatic carbocycles. The van der Waals surface area contributed by atoms with E-state index >= 15 is 0 Å². The summed E-state index contributed by atoms with van der Waals surface area (Å²) < 4.78 is 34.6. The van der Waals surface area contributed by atoms with Gasteiger partial charge in [-0.15, -0.1) is 0 Å². The Morgan fingerprint density at radius 2 is 0.769 bits per heavy atom. The fourth-order valence-corrected chi connectivity index (χ4v) is 2.42. The first-order valence-corrected chi connectivity index (χ1v) is 9.75. The lowest BCUT2D eigenvalue weighted by atomic mass is 9.89. The first kappa shape index (κ1) is 23.8. The molecule has 1 aliphatic heterocycles. The molecule has 0 spiro atoms. The molecule has 1 aliphatic rings. The molecule has 1 heterocycles. The molecule has 0 aromatic heterocycles. The van der Waals surface area contributed by atoms with E-state index in [1.807, 2.05) is 0 Å². The third-order valence-corrected chi connectivity index (χ3v) is 4.31. The minimum absolute atomic E-state index is 0.0125. The molecule has 2 atom stereocenters. The second kappa shape index (κ2) is 12.3. The maximum Gasteiger partial charge on any atom is 0.0857 e. The van der Waals surface area contributed by atoms with Crippen LogP contribution >= 0.6 is 0 Å². The molecule has 1 rings (SSSR count). The third-order valence-electron chi connectivity index (χ3n) is 4.31. The van der Waals surface area contributed by atoms with Gasteiger partial charge >= 0.3 is 0 Å². The number of rotatable bonds is 0. The number of ether oxygens (including phenoxy) is 6. The summed E-state index contributed by atoms with van der Waals surface area (Å²) in [6, 6.07) is 0. The standard InChI is InChI=1S/C20H40O6/c1-19(2,3)17-15-23-9-7-21-8-10-24-16-18(20(4,5)6)26-14-12-22-11-13-25-17/h17-18H,7-16H2,1-6H3/t17-,18-/m0/s1. The Morgan fingerprint density at radius 3 is 1.12 bits per heavy atom. The van der Waals surface area contributed by atoms with Gasteiger partial charge in [0.15, 0.2) is 0 Å². The Labute approximate surface area is 159 Å². The van der Waals surface area contributed by atoms with Crippen LogP contribution in [0.15, 0.2) is 0 Å². The van der Waals surface area contributed by atoms with E-state index in [1.54, 1.807) is 0 Å². The van der Waals surface area contributed by atoms with Crippen LogP contribution in [0.3, 0.4) is 0 Å². The molecule has 0 saturated carbocycles. The van der Waals surface area contributed by atoms with Gasteiger partial charge in [0.1, 0.15) is 0 Å². The zero-order valence-corrected chi connectivity index (χ0v) is 17.7. The van der Waals surface area contributed by atoms with E-state index < -0.39 is 0 Å². The molecular formula is C20H40O6. The molecule has 6 heteroatoms. The van der Waals surface area contributed by atoms with Crippen LogP contribution in [-0.2, 0) is 28.4 Å².